The zero-order valence-electron chi connectivity index (χ0n) is 15.6. The Morgan fingerprint density at radius 2 is 1.75 bits per heavy atom. The molecule has 0 unspecified atom stereocenters. The summed E-state index contributed by atoms with van der Waals surface area (Å²) >= 11 is 0. The van der Waals surface area contributed by atoms with E-state index in [0.29, 0.717) is 31.5 Å². The van der Waals surface area contributed by atoms with E-state index in [-0.39, 0.29) is 17.4 Å². The predicted molar refractivity (Wildman–Crippen MR) is 106 cm³/mol. The fourth-order valence-corrected chi connectivity index (χ4v) is 2.54. The molecule has 0 aromatic heterocycles. The van der Waals surface area contributed by atoms with E-state index in [1.807, 2.05) is 24.3 Å². The van der Waals surface area contributed by atoms with Gasteiger partial charge in [0, 0.05) is 26.2 Å². The number of nitrogens with zero attached hydrogens (tertiary/aromatic N) is 1. The van der Waals surface area contributed by atoms with Gasteiger partial charge in [0.05, 0.1) is 0 Å². The molecule has 28 heavy (non-hydrogen) atoms. The Bertz CT molecular complexity index is 864. The van der Waals surface area contributed by atoms with Crippen LogP contribution in [-0.2, 0) is 17.6 Å². The largest absolute Gasteiger partial charge is 0.504 e. The molecule has 2 rings (SSSR count). The third-order valence-electron chi connectivity index (χ3n) is 4.19. The number of hydrogen-bond acceptors (Lipinski definition) is 4. The highest BCUT2D eigenvalue weighted by Crippen LogP contribution is 2.25. The molecule has 0 saturated heterocycles. The Morgan fingerprint density at radius 3 is 2.43 bits per heavy atom. The van der Waals surface area contributed by atoms with Crippen molar-refractivity contribution in [2.75, 3.05) is 20.1 Å². The molecule has 4 N–H and O–H groups in total. The molecule has 2 aromatic carbocycles. The monoisotopic (exact) mass is 384 g/mol. The lowest BCUT2D eigenvalue weighted by Gasteiger charge is -2.13. The summed E-state index contributed by atoms with van der Waals surface area (Å²) in [5, 5.41) is 30.4. The van der Waals surface area contributed by atoms with Gasteiger partial charge in [-0.25, -0.2) is 4.79 Å². The molecule has 148 valence electrons. The van der Waals surface area contributed by atoms with Gasteiger partial charge >= 0.3 is 6.09 Å². The van der Waals surface area contributed by atoms with E-state index in [2.05, 4.69) is 5.32 Å². The lowest BCUT2D eigenvalue weighted by atomic mass is 10.1. The van der Waals surface area contributed by atoms with E-state index >= 15 is 0 Å². The van der Waals surface area contributed by atoms with Crippen LogP contribution < -0.4 is 5.32 Å². The molecular formula is C21H24N2O5. The Morgan fingerprint density at radius 1 is 1.04 bits per heavy atom. The van der Waals surface area contributed by atoms with Crippen LogP contribution in [0.15, 0.2) is 48.5 Å². The number of hydrogen-bond donors (Lipinski definition) is 4. The molecular weight excluding hydrogens is 360 g/mol. The SMILES string of the molecule is CN(CCc1cccc(CCNC(=O)/C=C/c2ccc(O)c(O)c2)c1)C(=O)O. The van der Waals surface area contributed by atoms with E-state index < -0.39 is 6.09 Å². The zero-order chi connectivity index (χ0) is 20.5. The summed E-state index contributed by atoms with van der Waals surface area (Å²) in [5.41, 5.74) is 2.71. The Balaban J connectivity index is 1.80. The minimum atomic E-state index is -0.950. The molecule has 0 saturated carbocycles. The highest BCUT2D eigenvalue weighted by Gasteiger charge is 2.05. The Labute approximate surface area is 163 Å². The van der Waals surface area contributed by atoms with Crippen LogP contribution in [0.5, 0.6) is 11.5 Å². The number of phenols is 2. The van der Waals surface area contributed by atoms with Crippen molar-refractivity contribution in [3.05, 3.63) is 65.2 Å². The fraction of sp³-hybridized carbons (Fsp3) is 0.238. The van der Waals surface area contributed by atoms with Crippen LogP contribution in [-0.4, -0.2) is 52.4 Å². The van der Waals surface area contributed by atoms with Crippen LogP contribution in [0.1, 0.15) is 16.7 Å². The number of amides is 2. The molecule has 0 radical (unpaired) electrons. The van der Waals surface area contributed by atoms with Gasteiger partial charge in [0.2, 0.25) is 5.91 Å². The van der Waals surface area contributed by atoms with Crippen LogP contribution in [0, 0.1) is 0 Å². The first-order valence-electron chi connectivity index (χ1n) is 8.85. The quantitative estimate of drug-likeness (QED) is 0.413. The minimum Gasteiger partial charge on any atom is -0.504 e. The number of rotatable bonds is 8. The van der Waals surface area contributed by atoms with Crippen molar-refractivity contribution in [1.29, 1.82) is 0 Å². The summed E-state index contributed by atoms with van der Waals surface area (Å²) in [5.74, 6) is -0.706. The van der Waals surface area contributed by atoms with E-state index in [1.165, 1.54) is 30.2 Å². The number of aromatic hydroxyl groups is 2. The number of carboxylic acid groups (broad SMARTS) is 1. The summed E-state index contributed by atoms with van der Waals surface area (Å²) in [6.45, 7) is 0.885. The first kappa shape index (κ1) is 20.8. The van der Waals surface area contributed by atoms with Crippen molar-refractivity contribution in [3.63, 3.8) is 0 Å². The molecule has 0 fully saturated rings. The van der Waals surface area contributed by atoms with Gasteiger partial charge in [-0.3, -0.25) is 4.79 Å². The average Bonchev–Trinajstić information content (AvgIpc) is 2.67. The normalized spacial score (nSPS) is 10.8. The van der Waals surface area contributed by atoms with E-state index in [4.69, 9.17) is 5.11 Å². The van der Waals surface area contributed by atoms with E-state index in [0.717, 1.165) is 11.1 Å². The smallest absolute Gasteiger partial charge is 0.407 e. The number of carbonyl (C=O) groups excluding carboxylic acids is 1. The first-order valence-corrected chi connectivity index (χ1v) is 8.85. The highest BCUT2D eigenvalue weighted by atomic mass is 16.4. The van der Waals surface area contributed by atoms with Crippen molar-refractivity contribution in [2.24, 2.45) is 0 Å². The molecule has 7 nitrogen and oxygen atoms in total. The minimum absolute atomic E-state index is 0.210. The molecule has 0 spiro atoms. The topological polar surface area (TPSA) is 110 Å². The summed E-state index contributed by atoms with van der Waals surface area (Å²) in [6.07, 6.45) is 3.25. The zero-order valence-corrected chi connectivity index (χ0v) is 15.6. The predicted octanol–water partition coefficient (Wildman–Crippen LogP) is 2.62. The molecule has 0 atom stereocenters. The van der Waals surface area contributed by atoms with Gasteiger partial charge in [0.1, 0.15) is 0 Å². The second kappa shape index (κ2) is 10.0. The van der Waals surface area contributed by atoms with Crippen molar-refractivity contribution in [3.8, 4) is 11.5 Å². The first-order chi connectivity index (χ1) is 13.3. The van der Waals surface area contributed by atoms with Gasteiger partial charge in [0.15, 0.2) is 11.5 Å². The summed E-state index contributed by atoms with van der Waals surface area (Å²) in [4.78, 5) is 24.0. The number of benzene rings is 2. The lowest BCUT2D eigenvalue weighted by molar-refractivity contribution is -0.116. The van der Waals surface area contributed by atoms with Crippen molar-refractivity contribution < 1.29 is 24.9 Å². The van der Waals surface area contributed by atoms with Gasteiger partial charge in [0.25, 0.3) is 0 Å². The summed E-state index contributed by atoms with van der Waals surface area (Å²) in [6, 6.07) is 12.2. The maximum absolute atomic E-state index is 11.9. The molecule has 2 aromatic rings. The van der Waals surface area contributed by atoms with Crippen molar-refractivity contribution in [2.45, 2.75) is 12.8 Å². The van der Waals surface area contributed by atoms with Crippen LogP contribution in [0.3, 0.4) is 0 Å². The maximum Gasteiger partial charge on any atom is 0.407 e. The average molecular weight is 384 g/mol. The van der Waals surface area contributed by atoms with Gasteiger partial charge in [-0.15, -0.1) is 0 Å². The number of carbonyl (C=O) groups is 2. The van der Waals surface area contributed by atoms with Crippen molar-refractivity contribution >= 4 is 18.1 Å². The lowest BCUT2D eigenvalue weighted by Crippen LogP contribution is -2.26. The molecule has 0 aliphatic carbocycles. The van der Waals surface area contributed by atoms with Crippen LogP contribution >= 0.6 is 0 Å². The third kappa shape index (κ3) is 6.68. The second-order valence-corrected chi connectivity index (χ2v) is 6.40. The van der Waals surface area contributed by atoms with Crippen LogP contribution in [0.25, 0.3) is 6.08 Å². The Hall–Kier alpha value is -3.48. The summed E-state index contributed by atoms with van der Waals surface area (Å²) < 4.78 is 0. The highest BCUT2D eigenvalue weighted by molar-refractivity contribution is 5.91. The van der Waals surface area contributed by atoms with E-state index in [9.17, 15) is 19.8 Å². The van der Waals surface area contributed by atoms with Gasteiger partial charge in [-0.05, 0) is 47.7 Å². The van der Waals surface area contributed by atoms with Crippen molar-refractivity contribution in [1.82, 2.24) is 10.2 Å². The molecule has 0 heterocycles. The number of likely N-dealkylation sites (N-methyl/N-ethyl adjacent to an activating group) is 1. The standard InChI is InChI=1S/C21H24N2O5/c1-23(21(27)28)12-10-16-4-2-3-15(13-16)9-11-22-20(26)8-6-17-5-7-18(24)19(25)14-17/h2-8,13-14,24-25H,9-12H2,1H3,(H,22,26)(H,27,28)/b8-6+. The van der Waals surface area contributed by atoms with Crippen LogP contribution in [0.4, 0.5) is 4.79 Å². The number of nitrogens with one attached hydrogen (secondary N) is 1. The molecule has 7 heteroatoms. The van der Waals surface area contributed by atoms with Crippen LogP contribution in [0.2, 0.25) is 0 Å². The molecule has 0 aliphatic rings. The van der Waals surface area contributed by atoms with Gasteiger partial charge in [-0.2, -0.15) is 0 Å². The second-order valence-electron chi connectivity index (χ2n) is 6.40. The Kier molecular flexibility index (Phi) is 7.45. The van der Waals surface area contributed by atoms with Gasteiger partial charge in [-0.1, -0.05) is 30.3 Å². The summed E-state index contributed by atoms with van der Waals surface area (Å²) in [7, 11) is 1.54. The molecule has 0 bridgehead atoms. The number of phenolic OH excluding ortho intramolecular Hbond substituents is 2. The molecule has 2 amide bonds. The third-order valence-corrected chi connectivity index (χ3v) is 4.19. The van der Waals surface area contributed by atoms with Gasteiger partial charge < -0.3 is 25.5 Å². The molecule has 0 aliphatic heterocycles. The van der Waals surface area contributed by atoms with E-state index in [1.54, 1.807) is 12.1 Å². The maximum atomic E-state index is 11.9. The fourth-order valence-electron chi connectivity index (χ4n) is 2.54.